The van der Waals surface area contributed by atoms with E-state index in [1.54, 1.807) is 11.3 Å². The number of fused-ring (bicyclic) bond motifs is 2. The van der Waals surface area contributed by atoms with Crippen molar-refractivity contribution in [1.82, 2.24) is 24.6 Å². The van der Waals surface area contributed by atoms with E-state index in [-0.39, 0.29) is 24.3 Å². The fourth-order valence-electron chi connectivity index (χ4n) is 5.06. The number of rotatable bonds is 4. The summed E-state index contributed by atoms with van der Waals surface area (Å²) in [6.45, 7) is 3.15. The molecule has 7 nitrogen and oxygen atoms in total. The highest BCUT2D eigenvalue weighted by molar-refractivity contribution is 7.10. The molecule has 1 atom stereocenters. The number of likely N-dealkylation sites (tertiary alicyclic amines) is 1. The molecule has 8 heteroatoms. The molecule has 0 saturated carbocycles. The first-order chi connectivity index (χ1) is 14.7. The van der Waals surface area contributed by atoms with Gasteiger partial charge in [-0.1, -0.05) is 6.42 Å². The molecule has 30 heavy (non-hydrogen) atoms. The van der Waals surface area contributed by atoms with Gasteiger partial charge in [0.1, 0.15) is 5.82 Å². The van der Waals surface area contributed by atoms with Crippen LogP contribution in [0.25, 0.3) is 0 Å². The van der Waals surface area contributed by atoms with Gasteiger partial charge in [-0.2, -0.15) is 0 Å². The summed E-state index contributed by atoms with van der Waals surface area (Å²) < 4.78 is 2.25. The van der Waals surface area contributed by atoms with Crippen LogP contribution in [0.15, 0.2) is 11.4 Å². The van der Waals surface area contributed by atoms with Crippen molar-refractivity contribution in [2.45, 2.75) is 76.9 Å². The van der Waals surface area contributed by atoms with Gasteiger partial charge in [0.25, 0.3) is 0 Å². The third kappa shape index (κ3) is 3.77. The van der Waals surface area contributed by atoms with E-state index in [1.165, 1.54) is 16.9 Å². The maximum absolute atomic E-state index is 13.0. The molecule has 160 valence electrons. The number of hydrogen-bond acceptors (Lipinski definition) is 5. The number of aromatic nitrogens is 3. The van der Waals surface area contributed by atoms with Gasteiger partial charge in [0.2, 0.25) is 11.8 Å². The molecule has 3 aliphatic rings. The van der Waals surface area contributed by atoms with E-state index in [1.807, 2.05) is 9.80 Å². The minimum absolute atomic E-state index is 0.00954. The first-order valence-electron chi connectivity index (χ1n) is 11.2. The van der Waals surface area contributed by atoms with Gasteiger partial charge in [0.05, 0.1) is 6.04 Å². The summed E-state index contributed by atoms with van der Waals surface area (Å²) in [6.07, 6.45) is 7.93. The SMILES string of the molecule is O=C(CCC(=O)N1CCCC1c1nnc2n1CCCCC2)N1CCc2sccc2C1. The van der Waals surface area contributed by atoms with Gasteiger partial charge in [0, 0.05) is 50.3 Å². The lowest BCUT2D eigenvalue weighted by Gasteiger charge is -2.28. The standard InChI is InChI=1S/C22H29N5O2S/c28-20(25-13-9-18-16(15-25)10-14-30-18)7-8-21(29)26-12-4-5-17(26)22-24-23-19-6-2-1-3-11-27(19)22/h10,14,17H,1-9,11-13,15H2. The van der Waals surface area contributed by atoms with Crippen molar-refractivity contribution in [3.8, 4) is 0 Å². The lowest BCUT2D eigenvalue weighted by atomic mass is 10.1. The fraction of sp³-hybridized carbons (Fsp3) is 0.636. The Morgan fingerprint density at radius 3 is 2.83 bits per heavy atom. The molecule has 0 N–H and O–H groups in total. The first kappa shape index (κ1) is 19.7. The molecule has 1 fully saturated rings. The van der Waals surface area contributed by atoms with E-state index in [0.29, 0.717) is 13.0 Å². The average Bonchev–Trinajstić information content (AvgIpc) is 3.47. The number of hydrogen-bond donors (Lipinski definition) is 0. The van der Waals surface area contributed by atoms with Crippen LogP contribution in [0.1, 0.15) is 73.1 Å². The summed E-state index contributed by atoms with van der Waals surface area (Å²) in [4.78, 5) is 31.0. The molecule has 1 saturated heterocycles. The van der Waals surface area contributed by atoms with Crippen LogP contribution in [0.5, 0.6) is 0 Å². The molecule has 1 unspecified atom stereocenters. The third-order valence-corrected chi connectivity index (χ3v) is 7.75. The van der Waals surface area contributed by atoms with Crippen molar-refractivity contribution in [1.29, 1.82) is 0 Å². The molecule has 3 aliphatic heterocycles. The fourth-order valence-corrected chi connectivity index (χ4v) is 5.95. The van der Waals surface area contributed by atoms with Crippen LogP contribution in [0.3, 0.4) is 0 Å². The van der Waals surface area contributed by atoms with E-state index >= 15 is 0 Å². The molecule has 2 aromatic heterocycles. The molecule has 0 aromatic carbocycles. The van der Waals surface area contributed by atoms with Gasteiger partial charge in [-0.15, -0.1) is 21.5 Å². The molecular formula is C22H29N5O2S. The van der Waals surface area contributed by atoms with Gasteiger partial charge < -0.3 is 14.4 Å². The van der Waals surface area contributed by atoms with Gasteiger partial charge >= 0.3 is 0 Å². The van der Waals surface area contributed by atoms with E-state index in [9.17, 15) is 9.59 Å². The van der Waals surface area contributed by atoms with Crippen LogP contribution in [0.4, 0.5) is 0 Å². The predicted molar refractivity (Wildman–Crippen MR) is 114 cm³/mol. The van der Waals surface area contributed by atoms with Gasteiger partial charge in [-0.05, 0) is 49.1 Å². The molecular weight excluding hydrogens is 398 g/mol. The van der Waals surface area contributed by atoms with Gasteiger partial charge in [0.15, 0.2) is 5.82 Å². The van der Waals surface area contributed by atoms with Crippen LogP contribution in [0.2, 0.25) is 0 Å². The van der Waals surface area contributed by atoms with Crippen molar-refractivity contribution in [3.05, 3.63) is 33.5 Å². The average molecular weight is 428 g/mol. The van der Waals surface area contributed by atoms with E-state index in [0.717, 1.165) is 69.8 Å². The van der Waals surface area contributed by atoms with Crippen LogP contribution in [-0.4, -0.2) is 49.5 Å². The first-order valence-corrected chi connectivity index (χ1v) is 12.1. The molecule has 0 aliphatic carbocycles. The number of amides is 2. The Balaban J connectivity index is 1.21. The zero-order chi connectivity index (χ0) is 20.5. The molecule has 5 heterocycles. The number of thiophene rings is 1. The Morgan fingerprint density at radius 2 is 1.90 bits per heavy atom. The third-order valence-electron chi connectivity index (χ3n) is 6.72. The number of carbonyl (C=O) groups is 2. The Hall–Kier alpha value is -2.22. The highest BCUT2D eigenvalue weighted by atomic mass is 32.1. The zero-order valence-electron chi connectivity index (χ0n) is 17.4. The second-order valence-corrected chi connectivity index (χ2v) is 9.62. The Bertz CT molecular complexity index is 936. The molecule has 0 spiro atoms. The van der Waals surface area contributed by atoms with Crippen molar-refractivity contribution >= 4 is 23.2 Å². The highest BCUT2D eigenvalue weighted by Gasteiger charge is 2.34. The Kier molecular flexibility index (Phi) is 5.58. The summed E-state index contributed by atoms with van der Waals surface area (Å²) >= 11 is 1.77. The molecule has 0 bridgehead atoms. The van der Waals surface area contributed by atoms with Crippen molar-refractivity contribution < 1.29 is 9.59 Å². The minimum atomic E-state index is 0.00954. The second-order valence-electron chi connectivity index (χ2n) is 8.62. The normalized spacial score (nSPS) is 21.3. The largest absolute Gasteiger partial charge is 0.338 e. The van der Waals surface area contributed by atoms with Crippen molar-refractivity contribution in [2.75, 3.05) is 13.1 Å². The summed E-state index contributed by atoms with van der Waals surface area (Å²) in [6, 6.07) is 2.12. The van der Waals surface area contributed by atoms with Gasteiger partial charge in [-0.25, -0.2) is 0 Å². The Morgan fingerprint density at radius 1 is 1.00 bits per heavy atom. The van der Waals surface area contributed by atoms with Gasteiger partial charge in [-0.3, -0.25) is 9.59 Å². The van der Waals surface area contributed by atoms with Crippen LogP contribution < -0.4 is 0 Å². The predicted octanol–water partition coefficient (Wildman–Crippen LogP) is 3.09. The second kappa shape index (κ2) is 8.49. The zero-order valence-corrected chi connectivity index (χ0v) is 18.2. The summed E-state index contributed by atoms with van der Waals surface area (Å²) in [5.41, 5.74) is 1.26. The number of carbonyl (C=O) groups excluding carboxylic acids is 2. The van der Waals surface area contributed by atoms with E-state index < -0.39 is 0 Å². The minimum Gasteiger partial charge on any atom is -0.338 e. The van der Waals surface area contributed by atoms with Crippen molar-refractivity contribution in [2.24, 2.45) is 0 Å². The maximum Gasteiger partial charge on any atom is 0.223 e. The van der Waals surface area contributed by atoms with Crippen molar-refractivity contribution in [3.63, 3.8) is 0 Å². The molecule has 2 aromatic rings. The van der Waals surface area contributed by atoms with Crippen LogP contribution in [-0.2, 0) is 35.5 Å². The molecule has 0 radical (unpaired) electrons. The van der Waals surface area contributed by atoms with Crippen LogP contribution in [0, 0.1) is 0 Å². The lowest BCUT2D eigenvalue weighted by molar-refractivity contribution is -0.138. The maximum atomic E-state index is 13.0. The Labute approximate surface area is 181 Å². The lowest BCUT2D eigenvalue weighted by Crippen LogP contribution is -2.37. The molecule has 2 amide bonds. The van der Waals surface area contributed by atoms with E-state index in [2.05, 4.69) is 26.2 Å². The number of aryl methyl sites for hydroxylation is 1. The quantitative estimate of drug-likeness (QED) is 0.752. The summed E-state index contributed by atoms with van der Waals surface area (Å²) in [5.74, 6) is 2.18. The monoisotopic (exact) mass is 427 g/mol. The molecule has 5 rings (SSSR count). The van der Waals surface area contributed by atoms with Crippen LogP contribution >= 0.6 is 11.3 Å². The number of nitrogens with zero attached hydrogens (tertiary/aromatic N) is 5. The summed E-state index contributed by atoms with van der Waals surface area (Å²) in [5, 5.41) is 11.0. The topological polar surface area (TPSA) is 71.3 Å². The highest BCUT2D eigenvalue weighted by Crippen LogP contribution is 2.33. The van der Waals surface area contributed by atoms with E-state index in [4.69, 9.17) is 0 Å². The smallest absolute Gasteiger partial charge is 0.223 e. The summed E-state index contributed by atoms with van der Waals surface area (Å²) in [7, 11) is 0.